The maximum Gasteiger partial charge on any atom is 0.330 e. The number of esters is 1. The molecule has 6 nitrogen and oxygen atoms in total. The van der Waals surface area contributed by atoms with E-state index in [1.807, 2.05) is 0 Å². The lowest BCUT2D eigenvalue weighted by molar-refractivity contribution is -0.143. The van der Waals surface area contributed by atoms with Crippen LogP contribution in [0.3, 0.4) is 0 Å². The van der Waals surface area contributed by atoms with Crippen molar-refractivity contribution < 1.29 is 19.7 Å². The maximum atomic E-state index is 11.9. The molecule has 0 bridgehead atoms. The molecule has 0 aliphatic heterocycles. The van der Waals surface area contributed by atoms with Crippen LogP contribution in [-0.4, -0.2) is 35.0 Å². The van der Waals surface area contributed by atoms with Gasteiger partial charge >= 0.3 is 5.97 Å². The molecule has 1 atom stereocenters. The summed E-state index contributed by atoms with van der Waals surface area (Å²) >= 11 is 0. The molecule has 1 aliphatic carbocycles. The van der Waals surface area contributed by atoms with Gasteiger partial charge in [-0.05, 0) is 43.4 Å². The Labute approximate surface area is 129 Å². The number of aromatic hydroxyl groups is 2. The van der Waals surface area contributed by atoms with Crippen molar-refractivity contribution in [3.05, 3.63) is 23.8 Å². The molecule has 0 heterocycles. The Hall–Kier alpha value is -2.24. The Morgan fingerprint density at radius 3 is 2.64 bits per heavy atom. The summed E-state index contributed by atoms with van der Waals surface area (Å²) in [6.45, 7) is 0. The monoisotopic (exact) mass is 306 g/mol. The van der Waals surface area contributed by atoms with Crippen molar-refractivity contribution in [3.63, 3.8) is 0 Å². The topological polar surface area (TPSA) is 91.2 Å². The van der Waals surface area contributed by atoms with Crippen molar-refractivity contribution in [1.29, 1.82) is 0 Å². The lowest BCUT2D eigenvalue weighted by Gasteiger charge is -2.17. The van der Waals surface area contributed by atoms with E-state index in [2.05, 4.69) is 10.5 Å². The van der Waals surface area contributed by atoms with Gasteiger partial charge in [0.05, 0.1) is 7.11 Å². The Morgan fingerprint density at radius 2 is 2.00 bits per heavy atom. The minimum atomic E-state index is -0.622. The van der Waals surface area contributed by atoms with E-state index in [0.29, 0.717) is 12.0 Å². The summed E-state index contributed by atoms with van der Waals surface area (Å²) in [6.07, 6.45) is 5.73. The maximum absolute atomic E-state index is 11.9. The van der Waals surface area contributed by atoms with E-state index in [1.165, 1.54) is 25.7 Å². The molecule has 6 heteroatoms. The third-order valence-electron chi connectivity index (χ3n) is 3.77. The normalized spacial score (nSPS) is 16.0. The standard InChI is InChI=1S/C16H22N2O4/c1-22-16(21)13(18-17-12-5-3-2-4-6-12)9-11-7-8-14(19)15(20)10-11/h7-8,10,13,18-20H,2-6,9H2,1H3. The molecule has 0 aromatic heterocycles. The van der Waals surface area contributed by atoms with Crippen molar-refractivity contribution in [2.24, 2.45) is 5.10 Å². The van der Waals surface area contributed by atoms with Gasteiger partial charge < -0.3 is 14.9 Å². The fraction of sp³-hybridized carbons (Fsp3) is 0.500. The molecule has 0 radical (unpaired) electrons. The second-order valence-corrected chi connectivity index (χ2v) is 5.47. The van der Waals surface area contributed by atoms with Crippen molar-refractivity contribution in [1.82, 2.24) is 5.43 Å². The zero-order valence-corrected chi connectivity index (χ0v) is 12.7. The van der Waals surface area contributed by atoms with E-state index in [-0.39, 0.29) is 11.5 Å². The van der Waals surface area contributed by atoms with Crippen molar-refractivity contribution in [2.75, 3.05) is 7.11 Å². The smallest absolute Gasteiger partial charge is 0.330 e. The van der Waals surface area contributed by atoms with E-state index in [4.69, 9.17) is 4.74 Å². The van der Waals surface area contributed by atoms with Gasteiger partial charge in [0.1, 0.15) is 6.04 Å². The van der Waals surface area contributed by atoms with Crippen LogP contribution in [-0.2, 0) is 16.0 Å². The molecular formula is C16H22N2O4. The number of hydrogen-bond donors (Lipinski definition) is 3. The highest BCUT2D eigenvalue weighted by Gasteiger charge is 2.20. The molecule has 1 aromatic carbocycles. The average molecular weight is 306 g/mol. The summed E-state index contributed by atoms with van der Waals surface area (Å²) in [7, 11) is 1.33. The van der Waals surface area contributed by atoms with Crippen molar-refractivity contribution >= 4 is 11.7 Å². The van der Waals surface area contributed by atoms with E-state index in [0.717, 1.165) is 31.4 Å². The number of phenols is 2. The van der Waals surface area contributed by atoms with Gasteiger partial charge in [0.15, 0.2) is 11.5 Å². The number of hydrogen-bond acceptors (Lipinski definition) is 6. The van der Waals surface area contributed by atoms with E-state index < -0.39 is 12.0 Å². The van der Waals surface area contributed by atoms with Gasteiger partial charge in [-0.1, -0.05) is 12.5 Å². The quantitative estimate of drug-likeness (QED) is 0.440. The zero-order valence-electron chi connectivity index (χ0n) is 12.7. The van der Waals surface area contributed by atoms with Crippen LogP contribution >= 0.6 is 0 Å². The fourth-order valence-corrected chi connectivity index (χ4v) is 2.50. The Kier molecular flexibility index (Phi) is 5.63. The summed E-state index contributed by atoms with van der Waals surface area (Å²) < 4.78 is 4.80. The number of hydrazone groups is 1. The third kappa shape index (κ3) is 4.38. The number of ether oxygens (including phenoxy) is 1. The Balaban J connectivity index is 2.05. The number of carbonyl (C=O) groups excluding carboxylic acids is 1. The second kappa shape index (κ2) is 7.68. The van der Waals surface area contributed by atoms with E-state index >= 15 is 0 Å². The van der Waals surface area contributed by atoms with Gasteiger partial charge in [-0.3, -0.25) is 5.43 Å². The molecule has 1 saturated carbocycles. The summed E-state index contributed by atoms with van der Waals surface area (Å²) in [5.74, 6) is -0.804. The van der Waals surface area contributed by atoms with Crippen LogP contribution in [0.25, 0.3) is 0 Å². The molecule has 120 valence electrons. The van der Waals surface area contributed by atoms with Crippen LogP contribution in [0.5, 0.6) is 11.5 Å². The number of methoxy groups -OCH3 is 1. The van der Waals surface area contributed by atoms with Gasteiger partial charge in [0.25, 0.3) is 0 Å². The number of rotatable bonds is 5. The largest absolute Gasteiger partial charge is 0.504 e. The molecule has 1 aromatic rings. The number of carbonyl (C=O) groups is 1. The summed E-state index contributed by atoms with van der Waals surface area (Å²) in [4.78, 5) is 11.9. The highest BCUT2D eigenvalue weighted by atomic mass is 16.5. The van der Waals surface area contributed by atoms with Gasteiger partial charge in [0, 0.05) is 12.1 Å². The fourth-order valence-electron chi connectivity index (χ4n) is 2.50. The Bertz CT molecular complexity index is 549. The number of nitrogens with one attached hydrogen (secondary N) is 1. The first-order valence-corrected chi connectivity index (χ1v) is 7.50. The lowest BCUT2D eigenvalue weighted by Crippen LogP contribution is -2.37. The third-order valence-corrected chi connectivity index (χ3v) is 3.77. The molecule has 22 heavy (non-hydrogen) atoms. The zero-order chi connectivity index (χ0) is 15.9. The lowest BCUT2D eigenvalue weighted by atomic mass is 9.99. The van der Waals surface area contributed by atoms with Crippen molar-refractivity contribution in [2.45, 2.75) is 44.6 Å². The average Bonchev–Trinajstić information content (AvgIpc) is 2.55. The first kappa shape index (κ1) is 16.1. The van der Waals surface area contributed by atoms with E-state index in [1.54, 1.807) is 6.07 Å². The molecule has 0 spiro atoms. The summed E-state index contributed by atoms with van der Waals surface area (Å²) in [6, 6.07) is 3.86. The Morgan fingerprint density at radius 1 is 1.27 bits per heavy atom. The van der Waals surface area contributed by atoms with Gasteiger partial charge in [0.2, 0.25) is 0 Å². The minimum absolute atomic E-state index is 0.186. The molecule has 1 aliphatic rings. The molecule has 1 fully saturated rings. The number of nitrogens with zero attached hydrogens (tertiary/aromatic N) is 1. The number of benzene rings is 1. The molecule has 2 rings (SSSR count). The minimum Gasteiger partial charge on any atom is -0.504 e. The van der Waals surface area contributed by atoms with E-state index in [9.17, 15) is 15.0 Å². The number of phenolic OH excluding ortho intramolecular Hbond substituents is 2. The predicted octanol–water partition coefficient (Wildman–Crippen LogP) is 2.09. The summed E-state index contributed by atoms with van der Waals surface area (Å²) in [5, 5.41) is 23.2. The van der Waals surface area contributed by atoms with Crippen LogP contribution in [0.4, 0.5) is 0 Å². The molecule has 0 saturated heterocycles. The molecule has 3 N–H and O–H groups in total. The van der Waals surface area contributed by atoms with Gasteiger partial charge in [-0.25, -0.2) is 4.79 Å². The second-order valence-electron chi connectivity index (χ2n) is 5.47. The van der Waals surface area contributed by atoms with Crippen molar-refractivity contribution in [3.8, 4) is 11.5 Å². The predicted molar refractivity (Wildman–Crippen MR) is 82.9 cm³/mol. The molecule has 1 unspecified atom stereocenters. The molecule has 0 amide bonds. The van der Waals surface area contributed by atoms with Gasteiger partial charge in [-0.2, -0.15) is 5.10 Å². The van der Waals surface area contributed by atoms with Crippen LogP contribution in [0, 0.1) is 0 Å². The first-order valence-electron chi connectivity index (χ1n) is 7.50. The van der Waals surface area contributed by atoms with Crippen LogP contribution in [0.2, 0.25) is 0 Å². The SMILES string of the molecule is COC(=O)C(Cc1ccc(O)c(O)c1)NN=C1CCCCC1. The van der Waals surface area contributed by atoms with Crippen LogP contribution < -0.4 is 5.43 Å². The van der Waals surface area contributed by atoms with Crippen LogP contribution in [0.15, 0.2) is 23.3 Å². The summed E-state index contributed by atoms with van der Waals surface area (Å²) in [5.41, 5.74) is 4.68. The highest BCUT2D eigenvalue weighted by Crippen LogP contribution is 2.25. The molecular weight excluding hydrogens is 284 g/mol. The van der Waals surface area contributed by atoms with Gasteiger partial charge in [-0.15, -0.1) is 0 Å². The van der Waals surface area contributed by atoms with Crippen LogP contribution in [0.1, 0.15) is 37.7 Å². The highest BCUT2D eigenvalue weighted by molar-refractivity contribution is 5.85. The first-order chi connectivity index (χ1) is 10.6.